The third-order valence-corrected chi connectivity index (χ3v) is 6.27. The fourth-order valence-corrected chi connectivity index (χ4v) is 4.29. The highest BCUT2D eigenvalue weighted by Crippen LogP contribution is 2.40. The van der Waals surface area contributed by atoms with Gasteiger partial charge < -0.3 is 0 Å². The van der Waals surface area contributed by atoms with Crippen molar-refractivity contribution in [2.24, 2.45) is 0 Å². The molecule has 0 bridgehead atoms. The molecule has 0 aliphatic heterocycles. The lowest BCUT2D eigenvalue weighted by Gasteiger charge is -2.09. The molecule has 0 spiro atoms. The van der Waals surface area contributed by atoms with Gasteiger partial charge >= 0.3 is 0 Å². The molecule has 0 saturated carbocycles. The van der Waals surface area contributed by atoms with Gasteiger partial charge in [-0.15, -0.1) is 11.3 Å². The highest BCUT2D eigenvalue weighted by molar-refractivity contribution is 9.11. The Morgan fingerprint density at radius 1 is 1.12 bits per heavy atom. The summed E-state index contributed by atoms with van der Waals surface area (Å²) in [5.74, 6) is 0. The normalized spacial score (nSPS) is 12.8. The zero-order valence-electron chi connectivity index (χ0n) is 8.81. The van der Waals surface area contributed by atoms with E-state index in [9.17, 15) is 0 Å². The number of hydrogen-bond acceptors (Lipinski definition) is 1. The van der Waals surface area contributed by atoms with Crippen LogP contribution in [0.1, 0.15) is 20.8 Å². The van der Waals surface area contributed by atoms with E-state index in [-0.39, 0.29) is 4.83 Å². The van der Waals surface area contributed by atoms with Gasteiger partial charge in [-0.05, 0) is 58.2 Å². The third kappa shape index (κ3) is 3.27. The number of hydrogen-bond donors (Lipinski definition) is 0. The molecule has 0 N–H and O–H groups in total. The Labute approximate surface area is 131 Å². The molecule has 0 amide bonds. The predicted octanol–water partition coefficient (Wildman–Crippen LogP) is 6.61. The minimum atomic E-state index is 0.119. The molecule has 0 aliphatic rings. The average molecular weight is 415 g/mol. The Kier molecular flexibility index (Phi) is 4.59. The number of alkyl halides is 1. The number of rotatable bonds is 2. The Bertz CT molecular complexity index is 512. The fraction of sp³-hybridized carbons (Fsp3) is 0.167. The first-order valence-electron chi connectivity index (χ1n) is 4.83. The number of halogens is 4. The number of thiophene rings is 1. The zero-order valence-corrected chi connectivity index (χ0v) is 14.3. The van der Waals surface area contributed by atoms with E-state index in [2.05, 4.69) is 44.8 Å². The maximum Gasteiger partial charge on any atom is 0.0739 e. The SMILES string of the molecule is Cc1cc(C(Br)c2cc(Cl)cc(Cl)c2)sc1Br. The van der Waals surface area contributed by atoms with Gasteiger partial charge in [0.25, 0.3) is 0 Å². The van der Waals surface area contributed by atoms with Gasteiger partial charge in [0.15, 0.2) is 0 Å². The van der Waals surface area contributed by atoms with Crippen molar-refractivity contribution in [1.82, 2.24) is 0 Å². The third-order valence-electron chi connectivity index (χ3n) is 2.30. The lowest BCUT2D eigenvalue weighted by Crippen LogP contribution is -1.89. The molecule has 5 heteroatoms. The first-order valence-corrected chi connectivity index (χ1v) is 8.11. The van der Waals surface area contributed by atoms with E-state index in [1.165, 1.54) is 10.4 Å². The molecule has 2 aromatic rings. The van der Waals surface area contributed by atoms with Gasteiger partial charge in [0.1, 0.15) is 0 Å². The van der Waals surface area contributed by atoms with Gasteiger partial charge in [-0.25, -0.2) is 0 Å². The molecular weight excluding hydrogens is 407 g/mol. The molecule has 2 rings (SSSR count). The summed E-state index contributed by atoms with van der Waals surface area (Å²) in [4.78, 5) is 1.35. The molecule has 17 heavy (non-hydrogen) atoms. The van der Waals surface area contributed by atoms with E-state index in [4.69, 9.17) is 23.2 Å². The summed E-state index contributed by atoms with van der Waals surface area (Å²) in [5.41, 5.74) is 2.30. The molecule has 0 saturated heterocycles. The predicted molar refractivity (Wildman–Crippen MR) is 84.0 cm³/mol. The molecule has 1 aromatic heterocycles. The molecule has 1 atom stereocenters. The van der Waals surface area contributed by atoms with E-state index in [1.807, 2.05) is 12.1 Å². The summed E-state index contributed by atoms with van der Waals surface area (Å²) < 4.78 is 1.16. The van der Waals surface area contributed by atoms with Crippen molar-refractivity contribution in [1.29, 1.82) is 0 Å². The van der Waals surface area contributed by atoms with Gasteiger partial charge in [0, 0.05) is 14.9 Å². The van der Waals surface area contributed by atoms with Crippen molar-refractivity contribution in [2.75, 3.05) is 0 Å². The van der Waals surface area contributed by atoms with Crippen LogP contribution in [0.4, 0.5) is 0 Å². The largest absolute Gasteiger partial charge is 0.131 e. The van der Waals surface area contributed by atoms with Crippen LogP contribution in [0.5, 0.6) is 0 Å². The second kappa shape index (κ2) is 5.62. The minimum Gasteiger partial charge on any atom is -0.131 e. The standard InChI is InChI=1S/C12H8Br2Cl2S/c1-6-2-10(17-12(6)14)11(13)7-3-8(15)5-9(16)4-7/h2-5,11H,1H3. The Morgan fingerprint density at radius 3 is 2.18 bits per heavy atom. The first kappa shape index (κ1) is 13.9. The molecule has 0 aliphatic carbocycles. The van der Waals surface area contributed by atoms with Crippen LogP contribution in [0.3, 0.4) is 0 Å². The summed E-state index contributed by atoms with van der Waals surface area (Å²) >= 11 is 20.9. The highest BCUT2D eigenvalue weighted by atomic mass is 79.9. The lowest BCUT2D eigenvalue weighted by molar-refractivity contribution is 1.22. The summed E-state index contributed by atoms with van der Waals surface area (Å²) in [6, 6.07) is 7.75. The van der Waals surface area contributed by atoms with Crippen molar-refractivity contribution in [3.63, 3.8) is 0 Å². The Morgan fingerprint density at radius 2 is 1.71 bits per heavy atom. The molecular formula is C12H8Br2Cl2S. The lowest BCUT2D eigenvalue weighted by atomic mass is 10.1. The van der Waals surface area contributed by atoms with Crippen LogP contribution >= 0.6 is 66.4 Å². The van der Waals surface area contributed by atoms with Gasteiger partial charge in [-0.3, -0.25) is 0 Å². The van der Waals surface area contributed by atoms with Gasteiger partial charge in [-0.1, -0.05) is 39.1 Å². The maximum absolute atomic E-state index is 6.01. The summed E-state index contributed by atoms with van der Waals surface area (Å²) in [6.07, 6.45) is 0. The molecule has 1 aromatic carbocycles. The average Bonchev–Trinajstić information content (AvgIpc) is 2.57. The van der Waals surface area contributed by atoms with Crippen LogP contribution in [0.2, 0.25) is 10.0 Å². The maximum atomic E-state index is 6.01. The molecule has 1 heterocycles. The fourth-order valence-electron chi connectivity index (χ4n) is 1.49. The molecule has 0 radical (unpaired) electrons. The van der Waals surface area contributed by atoms with Crippen LogP contribution in [-0.2, 0) is 0 Å². The summed E-state index contributed by atoms with van der Waals surface area (Å²) in [5, 5.41) is 1.31. The van der Waals surface area contributed by atoms with Crippen molar-refractivity contribution in [3.05, 3.63) is 54.1 Å². The van der Waals surface area contributed by atoms with Crippen LogP contribution in [0.15, 0.2) is 28.1 Å². The van der Waals surface area contributed by atoms with Crippen LogP contribution in [-0.4, -0.2) is 0 Å². The van der Waals surface area contributed by atoms with E-state index in [0.717, 1.165) is 9.35 Å². The van der Waals surface area contributed by atoms with Gasteiger partial charge in [0.2, 0.25) is 0 Å². The van der Waals surface area contributed by atoms with Crippen molar-refractivity contribution in [2.45, 2.75) is 11.8 Å². The van der Waals surface area contributed by atoms with Gasteiger partial charge in [-0.2, -0.15) is 0 Å². The second-order valence-electron chi connectivity index (χ2n) is 3.67. The van der Waals surface area contributed by atoms with E-state index >= 15 is 0 Å². The van der Waals surface area contributed by atoms with E-state index < -0.39 is 0 Å². The molecule has 90 valence electrons. The van der Waals surface area contributed by atoms with E-state index in [1.54, 1.807) is 17.4 Å². The quantitative estimate of drug-likeness (QED) is 0.485. The Balaban J connectivity index is 2.39. The van der Waals surface area contributed by atoms with Crippen molar-refractivity contribution < 1.29 is 0 Å². The highest BCUT2D eigenvalue weighted by Gasteiger charge is 2.15. The monoisotopic (exact) mass is 412 g/mol. The van der Waals surface area contributed by atoms with Crippen LogP contribution in [0.25, 0.3) is 0 Å². The Hall–Kier alpha value is 0.460. The number of aryl methyl sites for hydroxylation is 1. The van der Waals surface area contributed by atoms with Gasteiger partial charge in [0.05, 0.1) is 8.61 Å². The smallest absolute Gasteiger partial charge is 0.0739 e. The number of benzene rings is 1. The second-order valence-corrected chi connectivity index (χ2v) is 7.86. The molecule has 1 unspecified atom stereocenters. The zero-order chi connectivity index (χ0) is 12.6. The van der Waals surface area contributed by atoms with Crippen LogP contribution in [0, 0.1) is 6.92 Å². The summed E-state index contributed by atoms with van der Waals surface area (Å²) in [6.45, 7) is 2.08. The minimum absolute atomic E-state index is 0.119. The molecule has 0 nitrogen and oxygen atoms in total. The van der Waals surface area contributed by atoms with Crippen molar-refractivity contribution >= 4 is 66.4 Å². The molecule has 0 fully saturated rings. The topological polar surface area (TPSA) is 0 Å². The summed E-state index contributed by atoms with van der Waals surface area (Å²) in [7, 11) is 0. The van der Waals surface area contributed by atoms with E-state index in [0.29, 0.717) is 10.0 Å². The van der Waals surface area contributed by atoms with Crippen molar-refractivity contribution in [3.8, 4) is 0 Å². The van der Waals surface area contributed by atoms with Crippen LogP contribution < -0.4 is 0 Å². The first-order chi connectivity index (χ1) is 7.97.